The molecule has 4 aromatic rings. The van der Waals surface area contributed by atoms with Gasteiger partial charge in [-0.25, -0.2) is 18.7 Å². The smallest absolute Gasteiger partial charge is 0.255 e. The molecular weight excluding hydrogens is 514 g/mol. The first-order valence-electron chi connectivity index (χ1n) is 13.1. The molecule has 5 rings (SSSR count). The number of carbonyl (C=O) groups excluding carboxylic acids is 1. The Hall–Kier alpha value is -4.41. The third-order valence-corrected chi connectivity index (χ3v) is 6.61. The van der Waals surface area contributed by atoms with E-state index in [4.69, 9.17) is 4.74 Å². The summed E-state index contributed by atoms with van der Waals surface area (Å²) < 4.78 is 35.2. The van der Waals surface area contributed by atoms with E-state index in [1.54, 1.807) is 30.3 Å². The first-order chi connectivity index (χ1) is 19.5. The number of nitrogens with one attached hydrogen (secondary N) is 3. The molecule has 1 amide bonds. The van der Waals surface area contributed by atoms with Crippen LogP contribution in [0.15, 0.2) is 72.9 Å². The second-order valence-corrected chi connectivity index (χ2v) is 9.45. The molecule has 1 saturated heterocycles. The van der Waals surface area contributed by atoms with Crippen molar-refractivity contribution in [2.75, 3.05) is 50.0 Å². The van der Waals surface area contributed by atoms with E-state index >= 15 is 0 Å². The highest BCUT2D eigenvalue weighted by molar-refractivity contribution is 6.05. The van der Waals surface area contributed by atoms with Crippen LogP contribution in [0.25, 0.3) is 11.3 Å². The zero-order valence-corrected chi connectivity index (χ0v) is 22.1. The summed E-state index contributed by atoms with van der Waals surface area (Å²) in [6.07, 6.45) is 1.03. The van der Waals surface area contributed by atoms with Crippen molar-refractivity contribution < 1.29 is 18.3 Å². The number of rotatable bonds is 9. The van der Waals surface area contributed by atoms with E-state index < -0.39 is 17.5 Å². The summed E-state index contributed by atoms with van der Waals surface area (Å²) in [6, 6.07) is 18.3. The fraction of sp³-hybridized carbons (Fsp3) is 0.233. The van der Waals surface area contributed by atoms with Crippen molar-refractivity contribution in [1.82, 2.24) is 20.2 Å². The predicted octanol–water partition coefficient (Wildman–Crippen LogP) is 5.01. The molecule has 1 aliphatic rings. The van der Waals surface area contributed by atoms with Gasteiger partial charge in [-0.3, -0.25) is 9.69 Å². The van der Waals surface area contributed by atoms with Crippen molar-refractivity contribution in [3.05, 3.63) is 95.7 Å². The van der Waals surface area contributed by atoms with E-state index in [0.717, 1.165) is 50.6 Å². The molecule has 0 unspecified atom stereocenters. The lowest BCUT2D eigenvalue weighted by molar-refractivity contribution is 0.102. The Kier molecular flexibility index (Phi) is 8.58. The topological polar surface area (TPSA) is 91.4 Å². The SMILES string of the molecule is Cc1ccc(OCCN2CCNCC2)cc1NC(=O)c1ccc(Nc2ncc(F)c(-c3ccccc3)n2)c(F)c1. The molecule has 0 atom stereocenters. The van der Waals surface area contributed by atoms with Crippen LogP contribution in [0.4, 0.5) is 26.1 Å². The number of anilines is 3. The number of hydrogen-bond acceptors (Lipinski definition) is 7. The van der Waals surface area contributed by atoms with Crippen LogP contribution < -0.4 is 20.7 Å². The van der Waals surface area contributed by atoms with Crippen molar-refractivity contribution in [2.45, 2.75) is 6.92 Å². The third kappa shape index (κ3) is 6.77. The standard InChI is InChI=1S/C30H30F2N6O2/c1-20-7-9-23(40-16-15-38-13-11-33-12-14-38)18-27(20)35-29(39)22-8-10-26(24(31)17-22)36-30-34-19-25(32)28(37-30)21-5-3-2-4-6-21/h2-10,17-19,33H,11-16H2,1H3,(H,35,39)(H,34,36,37). The summed E-state index contributed by atoms with van der Waals surface area (Å²) in [5.74, 6) is -1.05. The van der Waals surface area contributed by atoms with Crippen molar-refractivity contribution >= 4 is 23.2 Å². The highest BCUT2D eigenvalue weighted by Crippen LogP contribution is 2.26. The summed E-state index contributed by atoms with van der Waals surface area (Å²) in [7, 11) is 0. The molecule has 3 aromatic carbocycles. The third-order valence-electron chi connectivity index (χ3n) is 6.61. The summed E-state index contributed by atoms with van der Waals surface area (Å²) >= 11 is 0. The van der Waals surface area contributed by atoms with Gasteiger partial charge in [-0.05, 0) is 36.8 Å². The number of ether oxygens (including phenoxy) is 1. The highest BCUT2D eigenvalue weighted by Gasteiger charge is 2.15. The summed E-state index contributed by atoms with van der Waals surface area (Å²) in [4.78, 5) is 23.4. The number of carbonyl (C=O) groups is 1. The van der Waals surface area contributed by atoms with Gasteiger partial charge in [0, 0.05) is 55.6 Å². The van der Waals surface area contributed by atoms with Gasteiger partial charge in [-0.1, -0.05) is 36.4 Å². The lowest BCUT2D eigenvalue weighted by atomic mass is 10.1. The number of hydrogen-bond donors (Lipinski definition) is 3. The van der Waals surface area contributed by atoms with E-state index in [9.17, 15) is 13.6 Å². The van der Waals surface area contributed by atoms with E-state index in [0.29, 0.717) is 23.6 Å². The van der Waals surface area contributed by atoms with E-state index in [1.165, 1.54) is 12.1 Å². The average molecular weight is 545 g/mol. The van der Waals surface area contributed by atoms with Gasteiger partial charge < -0.3 is 20.7 Å². The predicted molar refractivity (Wildman–Crippen MR) is 151 cm³/mol. The molecule has 1 aromatic heterocycles. The molecule has 8 nitrogen and oxygen atoms in total. The van der Waals surface area contributed by atoms with Crippen molar-refractivity contribution in [3.8, 4) is 17.0 Å². The Morgan fingerprint density at radius 2 is 1.80 bits per heavy atom. The van der Waals surface area contributed by atoms with Gasteiger partial charge in [-0.2, -0.15) is 0 Å². The quantitative estimate of drug-likeness (QED) is 0.273. The second kappa shape index (κ2) is 12.6. The molecule has 0 spiro atoms. The van der Waals surface area contributed by atoms with Gasteiger partial charge in [0.2, 0.25) is 5.95 Å². The van der Waals surface area contributed by atoms with E-state index in [2.05, 4.69) is 30.8 Å². The first kappa shape index (κ1) is 27.2. The Balaban J connectivity index is 1.23. The van der Waals surface area contributed by atoms with E-state index in [1.807, 2.05) is 25.1 Å². The van der Waals surface area contributed by atoms with Crippen LogP contribution in [0.1, 0.15) is 15.9 Å². The Labute approximate surface area is 231 Å². The fourth-order valence-electron chi connectivity index (χ4n) is 4.35. The van der Waals surface area contributed by atoms with Crippen molar-refractivity contribution in [2.24, 2.45) is 0 Å². The number of aryl methyl sites for hydroxylation is 1. The molecule has 0 bridgehead atoms. The summed E-state index contributed by atoms with van der Waals surface area (Å²) in [5, 5.41) is 8.94. The van der Waals surface area contributed by atoms with Gasteiger partial charge >= 0.3 is 0 Å². The van der Waals surface area contributed by atoms with Gasteiger partial charge in [0.25, 0.3) is 5.91 Å². The zero-order chi connectivity index (χ0) is 27.9. The second-order valence-electron chi connectivity index (χ2n) is 9.45. The highest BCUT2D eigenvalue weighted by atomic mass is 19.1. The molecule has 2 heterocycles. The molecule has 1 aliphatic heterocycles. The molecule has 206 valence electrons. The number of benzene rings is 3. The van der Waals surface area contributed by atoms with E-state index in [-0.39, 0.29) is 22.9 Å². The molecule has 1 fully saturated rings. The Morgan fingerprint density at radius 3 is 2.58 bits per heavy atom. The maximum absolute atomic E-state index is 15.0. The normalized spacial score (nSPS) is 13.6. The largest absolute Gasteiger partial charge is 0.492 e. The van der Waals surface area contributed by atoms with Crippen LogP contribution in [0.2, 0.25) is 0 Å². The monoisotopic (exact) mass is 544 g/mol. The minimum atomic E-state index is -0.677. The van der Waals surface area contributed by atoms with Crippen LogP contribution in [0, 0.1) is 18.6 Å². The molecule has 0 aliphatic carbocycles. The first-order valence-corrected chi connectivity index (χ1v) is 13.1. The van der Waals surface area contributed by atoms with Crippen LogP contribution in [-0.2, 0) is 0 Å². The Bertz CT molecular complexity index is 1480. The van der Waals surface area contributed by atoms with Gasteiger partial charge in [-0.15, -0.1) is 0 Å². The van der Waals surface area contributed by atoms with Crippen LogP contribution >= 0.6 is 0 Å². The minimum Gasteiger partial charge on any atom is -0.492 e. The molecular formula is C30H30F2N6O2. The number of piperazine rings is 1. The minimum absolute atomic E-state index is 0.0285. The molecule has 10 heteroatoms. The summed E-state index contributed by atoms with van der Waals surface area (Å²) in [6.45, 7) is 7.19. The lowest BCUT2D eigenvalue weighted by Crippen LogP contribution is -2.44. The van der Waals surface area contributed by atoms with Gasteiger partial charge in [0.05, 0.1) is 11.9 Å². The van der Waals surface area contributed by atoms with Crippen LogP contribution in [0.5, 0.6) is 5.75 Å². The molecule has 3 N–H and O–H groups in total. The number of aromatic nitrogens is 2. The molecule has 0 radical (unpaired) electrons. The van der Waals surface area contributed by atoms with Crippen LogP contribution in [-0.4, -0.2) is 60.1 Å². The molecule has 40 heavy (non-hydrogen) atoms. The fourth-order valence-corrected chi connectivity index (χ4v) is 4.35. The van der Waals surface area contributed by atoms with Crippen LogP contribution in [0.3, 0.4) is 0 Å². The Morgan fingerprint density at radius 1 is 1.00 bits per heavy atom. The number of nitrogens with zero attached hydrogens (tertiary/aromatic N) is 3. The summed E-state index contributed by atoms with van der Waals surface area (Å²) in [5.41, 5.74) is 2.29. The lowest BCUT2D eigenvalue weighted by Gasteiger charge is -2.27. The average Bonchev–Trinajstić information content (AvgIpc) is 2.97. The van der Waals surface area contributed by atoms with Crippen molar-refractivity contribution in [1.29, 1.82) is 0 Å². The van der Waals surface area contributed by atoms with Gasteiger partial charge in [0.15, 0.2) is 5.82 Å². The maximum atomic E-state index is 15.0. The number of amides is 1. The zero-order valence-electron chi connectivity index (χ0n) is 22.1. The maximum Gasteiger partial charge on any atom is 0.255 e. The molecule has 0 saturated carbocycles. The number of halogens is 2. The van der Waals surface area contributed by atoms with Gasteiger partial charge in [0.1, 0.15) is 23.9 Å². The van der Waals surface area contributed by atoms with Crippen molar-refractivity contribution in [3.63, 3.8) is 0 Å².